The summed E-state index contributed by atoms with van der Waals surface area (Å²) in [7, 11) is 1.63. The lowest BCUT2D eigenvalue weighted by Gasteiger charge is -2.53. The van der Waals surface area contributed by atoms with E-state index in [1.807, 2.05) is 29.2 Å². The Bertz CT molecular complexity index is 1050. The van der Waals surface area contributed by atoms with E-state index in [4.69, 9.17) is 4.74 Å². The standard InChI is InChI=1S/C26H31N3O4/c1-18(30)27-19-9-8-10-20(17-19)28-24(31)23-21-11-4-5-12-22(21)25(32)29(15-16-33-2)26(23)13-6-3-7-14-26/h4-5,8-12,17,23H,3,6-7,13-16H2,1-2H3,(H,27,30)(H,28,31). The SMILES string of the molecule is COCCN1C(=O)c2ccccc2C(C(=O)Nc2cccc(NC(C)=O)c2)C12CCCCC2. The van der Waals surface area contributed by atoms with Crippen molar-refractivity contribution in [2.75, 3.05) is 30.9 Å². The molecule has 1 heterocycles. The van der Waals surface area contributed by atoms with E-state index < -0.39 is 11.5 Å². The van der Waals surface area contributed by atoms with Crippen molar-refractivity contribution in [1.82, 2.24) is 4.90 Å². The maximum absolute atomic E-state index is 13.9. The molecule has 2 aliphatic rings. The third-order valence-electron chi connectivity index (χ3n) is 6.77. The van der Waals surface area contributed by atoms with Gasteiger partial charge in [-0.1, -0.05) is 43.5 Å². The molecule has 4 rings (SSSR count). The van der Waals surface area contributed by atoms with E-state index in [-0.39, 0.29) is 17.7 Å². The first kappa shape index (κ1) is 23.0. The summed E-state index contributed by atoms with van der Waals surface area (Å²) in [6.07, 6.45) is 4.60. The Balaban J connectivity index is 1.74. The first-order valence-corrected chi connectivity index (χ1v) is 11.5. The maximum Gasteiger partial charge on any atom is 0.254 e. The summed E-state index contributed by atoms with van der Waals surface area (Å²) >= 11 is 0. The Morgan fingerprint density at radius 2 is 1.73 bits per heavy atom. The molecule has 0 bridgehead atoms. The second-order valence-corrected chi connectivity index (χ2v) is 8.89. The molecule has 2 N–H and O–H groups in total. The molecule has 0 saturated heterocycles. The molecule has 2 aromatic rings. The molecule has 2 aromatic carbocycles. The average Bonchev–Trinajstić information content (AvgIpc) is 2.79. The summed E-state index contributed by atoms with van der Waals surface area (Å²) in [5, 5.41) is 5.82. The molecular weight excluding hydrogens is 418 g/mol. The van der Waals surface area contributed by atoms with Crippen LogP contribution in [0.15, 0.2) is 48.5 Å². The molecule has 1 spiro atoms. The number of fused-ring (bicyclic) bond motifs is 1. The molecule has 7 heteroatoms. The van der Waals surface area contributed by atoms with E-state index in [0.717, 1.165) is 37.7 Å². The van der Waals surface area contributed by atoms with Gasteiger partial charge in [0, 0.05) is 37.5 Å². The summed E-state index contributed by atoms with van der Waals surface area (Å²) in [6.45, 7) is 2.32. The average molecular weight is 450 g/mol. The molecule has 3 amide bonds. The second kappa shape index (κ2) is 9.75. The number of rotatable bonds is 6. The largest absolute Gasteiger partial charge is 0.383 e. The summed E-state index contributed by atoms with van der Waals surface area (Å²) < 4.78 is 5.32. The summed E-state index contributed by atoms with van der Waals surface area (Å²) in [5.74, 6) is -0.832. The molecule has 1 aliphatic carbocycles. The summed E-state index contributed by atoms with van der Waals surface area (Å²) in [5.41, 5.74) is 2.01. The van der Waals surface area contributed by atoms with Crippen molar-refractivity contribution in [2.24, 2.45) is 0 Å². The molecule has 33 heavy (non-hydrogen) atoms. The number of benzene rings is 2. The van der Waals surface area contributed by atoms with Crippen molar-refractivity contribution in [2.45, 2.75) is 50.5 Å². The number of carbonyl (C=O) groups is 3. The molecule has 0 radical (unpaired) electrons. The van der Waals surface area contributed by atoms with Gasteiger partial charge in [-0.05, 0) is 42.7 Å². The van der Waals surface area contributed by atoms with Gasteiger partial charge in [0.15, 0.2) is 0 Å². The van der Waals surface area contributed by atoms with Crippen LogP contribution < -0.4 is 10.6 Å². The third kappa shape index (κ3) is 4.50. The summed E-state index contributed by atoms with van der Waals surface area (Å²) in [6, 6.07) is 14.6. The fourth-order valence-electron chi connectivity index (χ4n) is 5.44. The zero-order valence-corrected chi connectivity index (χ0v) is 19.2. The van der Waals surface area contributed by atoms with E-state index in [2.05, 4.69) is 10.6 Å². The molecule has 174 valence electrons. The van der Waals surface area contributed by atoms with E-state index in [9.17, 15) is 14.4 Å². The highest BCUT2D eigenvalue weighted by Gasteiger charge is 2.54. The minimum atomic E-state index is -0.582. The van der Waals surface area contributed by atoms with Gasteiger partial charge in [0.2, 0.25) is 11.8 Å². The summed E-state index contributed by atoms with van der Waals surface area (Å²) in [4.78, 5) is 40.8. The van der Waals surface area contributed by atoms with Crippen LogP contribution in [0.4, 0.5) is 11.4 Å². The van der Waals surface area contributed by atoms with Crippen LogP contribution in [0.1, 0.15) is 60.9 Å². The maximum atomic E-state index is 13.9. The number of methoxy groups -OCH3 is 1. The zero-order chi connectivity index (χ0) is 23.4. The van der Waals surface area contributed by atoms with Crippen LogP contribution in [0.3, 0.4) is 0 Å². The lowest BCUT2D eigenvalue weighted by Crippen LogP contribution is -2.62. The first-order valence-electron chi connectivity index (χ1n) is 11.5. The molecule has 1 unspecified atom stereocenters. The number of anilines is 2. The number of hydrogen-bond acceptors (Lipinski definition) is 4. The number of nitrogens with zero attached hydrogens (tertiary/aromatic N) is 1. The van der Waals surface area contributed by atoms with Crippen molar-refractivity contribution in [3.63, 3.8) is 0 Å². The minimum absolute atomic E-state index is 0.0266. The van der Waals surface area contributed by atoms with Gasteiger partial charge in [-0.2, -0.15) is 0 Å². The quantitative estimate of drug-likeness (QED) is 0.693. The topological polar surface area (TPSA) is 87.7 Å². The molecule has 1 saturated carbocycles. The molecular formula is C26H31N3O4. The van der Waals surface area contributed by atoms with E-state index >= 15 is 0 Å². The fraction of sp³-hybridized carbons (Fsp3) is 0.423. The van der Waals surface area contributed by atoms with Gasteiger partial charge in [-0.25, -0.2) is 0 Å². The van der Waals surface area contributed by atoms with Crippen LogP contribution >= 0.6 is 0 Å². The Kier molecular flexibility index (Phi) is 6.79. The van der Waals surface area contributed by atoms with Crippen molar-refractivity contribution in [3.8, 4) is 0 Å². The van der Waals surface area contributed by atoms with Crippen molar-refractivity contribution in [1.29, 1.82) is 0 Å². The lowest BCUT2D eigenvalue weighted by molar-refractivity contribution is -0.122. The number of amides is 3. The van der Waals surface area contributed by atoms with E-state index in [1.165, 1.54) is 6.92 Å². The van der Waals surface area contributed by atoms with Crippen LogP contribution in [0, 0.1) is 0 Å². The molecule has 1 fully saturated rings. The minimum Gasteiger partial charge on any atom is -0.383 e. The Hall–Kier alpha value is -3.19. The molecule has 7 nitrogen and oxygen atoms in total. The zero-order valence-electron chi connectivity index (χ0n) is 19.2. The lowest BCUT2D eigenvalue weighted by atomic mass is 9.65. The molecule has 0 aromatic heterocycles. The van der Waals surface area contributed by atoms with Gasteiger partial charge in [0.1, 0.15) is 0 Å². The van der Waals surface area contributed by atoms with Crippen molar-refractivity contribution in [3.05, 3.63) is 59.7 Å². The first-order chi connectivity index (χ1) is 16.0. The molecule has 1 atom stereocenters. The highest BCUT2D eigenvalue weighted by molar-refractivity contribution is 6.05. The monoisotopic (exact) mass is 449 g/mol. The number of carbonyl (C=O) groups excluding carboxylic acids is 3. The number of ether oxygens (including phenoxy) is 1. The third-order valence-corrected chi connectivity index (χ3v) is 6.77. The van der Waals surface area contributed by atoms with E-state index in [0.29, 0.717) is 30.1 Å². The van der Waals surface area contributed by atoms with Gasteiger partial charge in [0.25, 0.3) is 5.91 Å². The van der Waals surface area contributed by atoms with Crippen LogP contribution in [-0.4, -0.2) is 48.4 Å². The normalized spacial score (nSPS) is 19.2. The Labute approximate surface area is 194 Å². The fourth-order valence-corrected chi connectivity index (χ4v) is 5.44. The van der Waals surface area contributed by atoms with Gasteiger partial charge in [-0.3, -0.25) is 14.4 Å². The van der Waals surface area contributed by atoms with Crippen LogP contribution in [-0.2, 0) is 14.3 Å². The number of nitrogens with one attached hydrogen (secondary N) is 2. The van der Waals surface area contributed by atoms with Gasteiger partial charge < -0.3 is 20.3 Å². The highest BCUT2D eigenvalue weighted by Crippen LogP contribution is 2.49. The van der Waals surface area contributed by atoms with Crippen LogP contribution in [0.2, 0.25) is 0 Å². The number of hydrogen-bond donors (Lipinski definition) is 2. The van der Waals surface area contributed by atoms with Crippen LogP contribution in [0.25, 0.3) is 0 Å². The van der Waals surface area contributed by atoms with Crippen molar-refractivity contribution >= 4 is 29.1 Å². The van der Waals surface area contributed by atoms with Gasteiger partial charge >= 0.3 is 0 Å². The van der Waals surface area contributed by atoms with Gasteiger partial charge in [-0.15, -0.1) is 0 Å². The highest BCUT2D eigenvalue weighted by atomic mass is 16.5. The van der Waals surface area contributed by atoms with Crippen LogP contribution in [0.5, 0.6) is 0 Å². The Morgan fingerprint density at radius 1 is 1.03 bits per heavy atom. The second-order valence-electron chi connectivity index (χ2n) is 8.89. The smallest absolute Gasteiger partial charge is 0.254 e. The predicted octanol–water partition coefficient (Wildman–Crippen LogP) is 4.17. The Morgan fingerprint density at radius 3 is 2.42 bits per heavy atom. The predicted molar refractivity (Wildman–Crippen MR) is 127 cm³/mol. The van der Waals surface area contributed by atoms with E-state index in [1.54, 1.807) is 31.4 Å². The molecule has 1 aliphatic heterocycles. The van der Waals surface area contributed by atoms with Gasteiger partial charge in [0.05, 0.1) is 18.1 Å². The van der Waals surface area contributed by atoms with Crippen molar-refractivity contribution < 1.29 is 19.1 Å².